The van der Waals surface area contributed by atoms with Gasteiger partial charge in [0.2, 0.25) is 0 Å². The summed E-state index contributed by atoms with van der Waals surface area (Å²) in [5.74, 6) is -0.715. The minimum Gasteiger partial charge on any atom is -0.451 e. The molecule has 1 aromatic carbocycles. The summed E-state index contributed by atoms with van der Waals surface area (Å²) in [6, 6.07) is 7.32. The van der Waals surface area contributed by atoms with Crippen LogP contribution in [0.5, 0.6) is 0 Å². The number of nitrogens with zero attached hydrogens (tertiary/aromatic N) is 1. The highest BCUT2D eigenvalue weighted by atomic mass is 32.2. The van der Waals surface area contributed by atoms with Crippen LogP contribution in [0.15, 0.2) is 39.0 Å². The molecule has 2 aromatic heterocycles. The van der Waals surface area contributed by atoms with Crippen LogP contribution in [0, 0.1) is 12.7 Å². The Morgan fingerprint density at radius 2 is 1.93 bits per heavy atom. The number of benzene rings is 1. The molecule has 1 N–H and O–H groups in total. The Labute approximate surface area is 167 Å². The molecule has 0 radical (unpaired) electrons. The van der Waals surface area contributed by atoms with Crippen molar-refractivity contribution in [1.29, 1.82) is 0 Å². The zero-order valence-corrected chi connectivity index (χ0v) is 17.4. The average Bonchev–Trinajstić information content (AvgIpc) is 3.26. The maximum atomic E-state index is 13.4. The molecule has 150 valence electrons. The van der Waals surface area contributed by atoms with E-state index in [1.54, 1.807) is 32.9 Å². The number of carbonyl (C=O) groups is 1. The zero-order chi connectivity index (χ0) is 20.5. The lowest BCUT2D eigenvalue weighted by Gasteiger charge is -2.16. The van der Waals surface area contributed by atoms with Gasteiger partial charge in [0.25, 0.3) is 15.9 Å². The van der Waals surface area contributed by atoms with E-state index >= 15 is 0 Å². The number of amides is 1. The highest BCUT2D eigenvalue weighted by molar-refractivity contribution is 7.91. The van der Waals surface area contributed by atoms with Gasteiger partial charge in [-0.15, -0.1) is 11.3 Å². The van der Waals surface area contributed by atoms with Crippen molar-refractivity contribution < 1.29 is 22.0 Å². The van der Waals surface area contributed by atoms with Gasteiger partial charge in [0.15, 0.2) is 5.76 Å². The van der Waals surface area contributed by atoms with Crippen LogP contribution in [-0.4, -0.2) is 31.7 Å². The first-order valence-corrected chi connectivity index (χ1v) is 11.1. The number of thiophene rings is 1. The Hall–Kier alpha value is -2.23. The average molecular weight is 425 g/mol. The van der Waals surface area contributed by atoms with Gasteiger partial charge < -0.3 is 9.73 Å². The molecular formula is C19H21FN2O4S2. The fourth-order valence-corrected chi connectivity index (χ4v) is 5.85. The molecule has 3 aromatic rings. The normalized spacial score (nSPS) is 12.0. The Bertz CT molecular complexity index is 1110. The van der Waals surface area contributed by atoms with E-state index in [0.29, 0.717) is 34.5 Å². The minimum absolute atomic E-state index is 0.119. The molecule has 6 nitrogen and oxygen atoms in total. The molecule has 28 heavy (non-hydrogen) atoms. The molecule has 0 unspecified atom stereocenters. The third kappa shape index (κ3) is 3.82. The van der Waals surface area contributed by atoms with Crippen molar-refractivity contribution in [3.63, 3.8) is 0 Å². The summed E-state index contributed by atoms with van der Waals surface area (Å²) >= 11 is 1.12. The fraction of sp³-hybridized carbons (Fsp3) is 0.316. The second-order valence-electron chi connectivity index (χ2n) is 6.19. The highest BCUT2D eigenvalue weighted by Crippen LogP contribution is 2.27. The van der Waals surface area contributed by atoms with E-state index in [2.05, 4.69) is 5.32 Å². The second-order valence-corrected chi connectivity index (χ2v) is 9.52. The quantitative estimate of drug-likeness (QED) is 0.624. The second kappa shape index (κ2) is 8.02. The van der Waals surface area contributed by atoms with Crippen molar-refractivity contribution in [2.24, 2.45) is 0 Å². The lowest BCUT2D eigenvalue weighted by atomic mass is 10.1. The number of carbonyl (C=O) groups excluding carboxylic acids is 1. The SMILES string of the molecule is CCN(CC)S(=O)(=O)c1ccc(CNC(=O)c2oc3ccc(F)cc3c2C)s1. The van der Waals surface area contributed by atoms with Crippen molar-refractivity contribution in [2.75, 3.05) is 13.1 Å². The number of aryl methyl sites for hydroxylation is 1. The van der Waals surface area contributed by atoms with Crippen LogP contribution in [0.4, 0.5) is 4.39 Å². The number of hydrogen-bond acceptors (Lipinski definition) is 5. The maximum absolute atomic E-state index is 13.4. The molecule has 2 heterocycles. The van der Waals surface area contributed by atoms with Crippen molar-refractivity contribution in [1.82, 2.24) is 9.62 Å². The van der Waals surface area contributed by atoms with Gasteiger partial charge >= 0.3 is 0 Å². The molecule has 0 fully saturated rings. The van der Waals surface area contributed by atoms with Gasteiger partial charge in [0.05, 0.1) is 6.54 Å². The largest absolute Gasteiger partial charge is 0.451 e. The Kier molecular flexibility index (Phi) is 5.87. The number of halogens is 1. The van der Waals surface area contributed by atoms with E-state index < -0.39 is 21.7 Å². The first kappa shape index (κ1) is 20.5. The van der Waals surface area contributed by atoms with Gasteiger partial charge in [-0.3, -0.25) is 4.79 Å². The van der Waals surface area contributed by atoms with Gasteiger partial charge in [-0.2, -0.15) is 4.31 Å². The van der Waals surface area contributed by atoms with Gasteiger partial charge in [-0.1, -0.05) is 13.8 Å². The molecule has 0 atom stereocenters. The molecule has 0 aliphatic rings. The summed E-state index contributed by atoms with van der Waals surface area (Å²) in [6.07, 6.45) is 0. The summed E-state index contributed by atoms with van der Waals surface area (Å²) in [6.45, 7) is 6.24. The minimum atomic E-state index is -3.51. The molecule has 0 saturated heterocycles. The van der Waals surface area contributed by atoms with Crippen molar-refractivity contribution in [2.45, 2.75) is 31.5 Å². The lowest BCUT2D eigenvalue weighted by Crippen LogP contribution is -2.30. The van der Waals surface area contributed by atoms with Crippen molar-refractivity contribution in [3.05, 3.63) is 52.3 Å². The molecule has 0 spiro atoms. The van der Waals surface area contributed by atoms with Gasteiger partial charge in [0, 0.05) is 28.9 Å². The Balaban J connectivity index is 1.74. The van der Waals surface area contributed by atoms with E-state index in [1.807, 2.05) is 0 Å². The summed E-state index contributed by atoms with van der Waals surface area (Å²) in [7, 11) is -3.51. The van der Waals surface area contributed by atoms with E-state index in [0.717, 1.165) is 11.3 Å². The summed E-state index contributed by atoms with van der Waals surface area (Å²) in [5, 5.41) is 3.28. The summed E-state index contributed by atoms with van der Waals surface area (Å²) in [4.78, 5) is 13.2. The van der Waals surface area contributed by atoms with E-state index in [1.165, 1.54) is 22.5 Å². The van der Waals surface area contributed by atoms with Gasteiger partial charge in [-0.25, -0.2) is 12.8 Å². The predicted molar refractivity (Wildman–Crippen MR) is 107 cm³/mol. The van der Waals surface area contributed by atoms with Crippen LogP contribution in [0.1, 0.15) is 34.8 Å². The van der Waals surface area contributed by atoms with Crippen LogP contribution < -0.4 is 5.32 Å². The Morgan fingerprint density at radius 1 is 1.21 bits per heavy atom. The van der Waals surface area contributed by atoms with Crippen molar-refractivity contribution in [3.8, 4) is 0 Å². The van der Waals surface area contributed by atoms with Crippen molar-refractivity contribution >= 4 is 38.2 Å². The van der Waals surface area contributed by atoms with Crippen LogP contribution in [0.25, 0.3) is 11.0 Å². The maximum Gasteiger partial charge on any atom is 0.287 e. The predicted octanol–water partition coefficient (Wildman–Crippen LogP) is 3.90. The highest BCUT2D eigenvalue weighted by Gasteiger charge is 2.24. The fourth-order valence-electron chi connectivity index (χ4n) is 2.94. The smallest absolute Gasteiger partial charge is 0.287 e. The number of fused-ring (bicyclic) bond motifs is 1. The first-order valence-electron chi connectivity index (χ1n) is 8.83. The van der Waals surface area contributed by atoms with Crippen LogP contribution in [0.2, 0.25) is 0 Å². The molecule has 1 amide bonds. The number of nitrogens with one attached hydrogen (secondary N) is 1. The molecule has 0 aliphatic carbocycles. The standard InChI is InChI=1S/C19H21FN2O4S2/c1-4-22(5-2)28(24,25)17-9-7-14(27-17)11-21-19(23)18-12(3)15-10-13(20)6-8-16(15)26-18/h6-10H,4-5,11H2,1-3H3,(H,21,23). The molecule has 0 bridgehead atoms. The third-order valence-electron chi connectivity index (χ3n) is 4.46. The topological polar surface area (TPSA) is 79.6 Å². The van der Waals surface area contributed by atoms with E-state index in [4.69, 9.17) is 4.42 Å². The molecule has 9 heteroatoms. The molecule has 0 saturated carbocycles. The number of furan rings is 1. The van der Waals surface area contributed by atoms with Gasteiger partial charge in [-0.05, 0) is 37.3 Å². The Morgan fingerprint density at radius 3 is 2.61 bits per heavy atom. The lowest BCUT2D eigenvalue weighted by molar-refractivity contribution is 0.0925. The monoisotopic (exact) mass is 424 g/mol. The van der Waals surface area contributed by atoms with Crippen LogP contribution in [-0.2, 0) is 16.6 Å². The van der Waals surface area contributed by atoms with Crippen LogP contribution in [0.3, 0.4) is 0 Å². The zero-order valence-electron chi connectivity index (χ0n) is 15.8. The molecule has 0 aliphatic heterocycles. The summed E-state index contributed by atoms with van der Waals surface area (Å²) < 4.78 is 45.7. The number of sulfonamides is 1. The third-order valence-corrected chi connectivity index (χ3v) is 8.07. The number of hydrogen-bond donors (Lipinski definition) is 1. The van der Waals surface area contributed by atoms with Gasteiger partial charge in [0.1, 0.15) is 15.6 Å². The van der Waals surface area contributed by atoms with E-state index in [9.17, 15) is 17.6 Å². The number of rotatable bonds is 7. The van der Waals surface area contributed by atoms with E-state index in [-0.39, 0.29) is 16.5 Å². The summed E-state index contributed by atoms with van der Waals surface area (Å²) in [5.41, 5.74) is 0.996. The molecule has 3 rings (SSSR count). The molecular weight excluding hydrogens is 403 g/mol. The first-order chi connectivity index (χ1) is 13.3. The van der Waals surface area contributed by atoms with Crippen LogP contribution >= 0.6 is 11.3 Å².